The first-order chi connectivity index (χ1) is 14.8. The first-order valence-corrected chi connectivity index (χ1v) is 10.9. The fourth-order valence-corrected chi connectivity index (χ4v) is 3.80. The average molecular weight is 440 g/mol. The number of benzene rings is 2. The van der Waals surface area contributed by atoms with Crippen molar-refractivity contribution < 1.29 is 14.3 Å². The highest BCUT2D eigenvalue weighted by Gasteiger charge is 2.17. The van der Waals surface area contributed by atoms with Crippen LogP contribution in [-0.2, 0) is 10.2 Å². The van der Waals surface area contributed by atoms with E-state index in [0.717, 1.165) is 5.56 Å². The lowest BCUT2D eigenvalue weighted by atomic mass is 9.87. The van der Waals surface area contributed by atoms with Crippen molar-refractivity contribution in [3.8, 4) is 22.9 Å². The molecule has 0 aliphatic carbocycles. The number of rotatable bonds is 5. The number of fused-ring (bicyclic) bond motifs is 1. The second-order valence-electron chi connectivity index (χ2n) is 8.20. The minimum absolute atomic E-state index is 0.0699. The Morgan fingerprint density at radius 3 is 2.52 bits per heavy atom. The number of nitrogen functional groups attached to an aromatic ring is 1. The summed E-state index contributed by atoms with van der Waals surface area (Å²) in [5.74, 6) is 8.00. The first-order valence-electron chi connectivity index (χ1n) is 9.95. The third kappa shape index (κ3) is 4.77. The fourth-order valence-electron chi connectivity index (χ4n) is 3.14. The molecule has 4 rings (SSSR count). The highest BCUT2D eigenvalue weighted by atomic mass is 32.2. The SMILES string of the molecule is CC(C)(C)c1ccc(-c2nnc(SCC(=O)Nc3ccc4c(c3)OCCO4)n2N)cc1. The molecule has 1 aliphatic rings. The van der Waals surface area contributed by atoms with Gasteiger partial charge in [-0.25, -0.2) is 4.68 Å². The maximum Gasteiger partial charge on any atom is 0.234 e. The van der Waals surface area contributed by atoms with Gasteiger partial charge in [0.1, 0.15) is 13.2 Å². The van der Waals surface area contributed by atoms with Crippen LogP contribution >= 0.6 is 11.8 Å². The van der Waals surface area contributed by atoms with Crippen molar-refractivity contribution in [3.63, 3.8) is 0 Å². The zero-order valence-corrected chi connectivity index (χ0v) is 18.5. The molecule has 0 unspecified atom stereocenters. The molecule has 0 saturated heterocycles. The minimum Gasteiger partial charge on any atom is -0.486 e. The number of aromatic nitrogens is 3. The molecule has 0 spiro atoms. The lowest BCUT2D eigenvalue weighted by molar-refractivity contribution is -0.113. The van der Waals surface area contributed by atoms with Crippen LogP contribution in [0.25, 0.3) is 11.4 Å². The van der Waals surface area contributed by atoms with Crippen molar-refractivity contribution in [2.75, 3.05) is 30.1 Å². The molecule has 0 fully saturated rings. The maximum absolute atomic E-state index is 12.4. The summed E-state index contributed by atoms with van der Waals surface area (Å²) >= 11 is 1.22. The number of nitrogens with zero attached hydrogens (tertiary/aromatic N) is 3. The highest BCUT2D eigenvalue weighted by Crippen LogP contribution is 2.32. The Labute approximate surface area is 185 Å². The van der Waals surface area contributed by atoms with E-state index in [0.29, 0.717) is 41.4 Å². The van der Waals surface area contributed by atoms with Crippen molar-refractivity contribution in [3.05, 3.63) is 48.0 Å². The molecule has 2 aromatic carbocycles. The van der Waals surface area contributed by atoms with Crippen molar-refractivity contribution in [2.45, 2.75) is 31.3 Å². The smallest absolute Gasteiger partial charge is 0.234 e. The van der Waals surface area contributed by atoms with Crippen LogP contribution in [0.3, 0.4) is 0 Å². The molecule has 162 valence electrons. The van der Waals surface area contributed by atoms with Gasteiger partial charge in [0, 0.05) is 17.3 Å². The van der Waals surface area contributed by atoms with E-state index in [1.807, 2.05) is 12.1 Å². The van der Waals surface area contributed by atoms with Gasteiger partial charge >= 0.3 is 0 Å². The minimum atomic E-state index is -0.180. The van der Waals surface area contributed by atoms with Crippen LogP contribution in [0.15, 0.2) is 47.6 Å². The molecule has 9 heteroatoms. The number of anilines is 1. The Morgan fingerprint density at radius 1 is 1.10 bits per heavy atom. The van der Waals surface area contributed by atoms with Gasteiger partial charge in [0.25, 0.3) is 0 Å². The summed E-state index contributed by atoms with van der Waals surface area (Å²) in [5, 5.41) is 11.6. The summed E-state index contributed by atoms with van der Waals surface area (Å²) in [6.07, 6.45) is 0. The molecule has 0 saturated carbocycles. The third-order valence-corrected chi connectivity index (χ3v) is 5.78. The van der Waals surface area contributed by atoms with Crippen LogP contribution in [0.5, 0.6) is 11.5 Å². The van der Waals surface area contributed by atoms with Gasteiger partial charge in [0.15, 0.2) is 17.3 Å². The van der Waals surface area contributed by atoms with E-state index in [1.165, 1.54) is 22.0 Å². The average Bonchev–Trinajstić information content (AvgIpc) is 3.12. The second kappa shape index (κ2) is 8.50. The van der Waals surface area contributed by atoms with E-state index in [1.54, 1.807) is 18.2 Å². The van der Waals surface area contributed by atoms with E-state index in [9.17, 15) is 4.79 Å². The summed E-state index contributed by atoms with van der Waals surface area (Å²) in [6.45, 7) is 7.51. The number of carbonyl (C=O) groups is 1. The van der Waals surface area contributed by atoms with Gasteiger partial charge in [-0.2, -0.15) is 0 Å². The topological polar surface area (TPSA) is 104 Å². The Balaban J connectivity index is 1.38. The number of nitrogens with one attached hydrogen (secondary N) is 1. The summed E-state index contributed by atoms with van der Waals surface area (Å²) in [4.78, 5) is 12.4. The Kier molecular flexibility index (Phi) is 5.77. The summed E-state index contributed by atoms with van der Waals surface area (Å²) in [5.41, 5.74) is 2.81. The summed E-state index contributed by atoms with van der Waals surface area (Å²) < 4.78 is 12.4. The standard InChI is InChI=1S/C22H25N5O3S/c1-22(2,3)15-6-4-14(5-7-15)20-25-26-21(27(20)23)31-13-19(28)24-16-8-9-17-18(12-16)30-11-10-29-17/h4-9,12H,10-11,13,23H2,1-3H3,(H,24,28). The van der Waals surface area contributed by atoms with Crippen LogP contribution < -0.4 is 20.6 Å². The van der Waals surface area contributed by atoms with Gasteiger partial charge in [-0.05, 0) is 23.1 Å². The molecule has 2 heterocycles. The second-order valence-corrected chi connectivity index (χ2v) is 9.14. The number of thioether (sulfide) groups is 1. The molecule has 1 aliphatic heterocycles. The molecule has 1 aromatic heterocycles. The molecule has 31 heavy (non-hydrogen) atoms. The molecule has 3 aromatic rings. The lowest BCUT2D eigenvalue weighted by Gasteiger charge is -2.19. The number of carbonyl (C=O) groups excluding carboxylic acids is 1. The molecule has 1 amide bonds. The largest absolute Gasteiger partial charge is 0.486 e. The molecule has 8 nitrogen and oxygen atoms in total. The van der Waals surface area contributed by atoms with Crippen molar-refractivity contribution >= 4 is 23.4 Å². The number of hydrogen-bond donors (Lipinski definition) is 2. The highest BCUT2D eigenvalue weighted by molar-refractivity contribution is 7.99. The van der Waals surface area contributed by atoms with Gasteiger partial charge in [-0.1, -0.05) is 56.8 Å². The zero-order valence-electron chi connectivity index (χ0n) is 17.7. The van der Waals surface area contributed by atoms with Gasteiger partial charge in [-0.15, -0.1) is 10.2 Å². The van der Waals surface area contributed by atoms with Crippen LogP contribution in [0.2, 0.25) is 0 Å². The third-order valence-electron chi connectivity index (χ3n) is 4.83. The first kappa shape index (κ1) is 21.0. The molecule has 0 radical (unpaired) electrons. The number of hydrogen-bond acceptors (Lipinski definition) is 7. The fraction of sp³-hybridized carbons (Fsp3) is 0.318. The van der Waals surface area contributed by atoms with Gasteiger partial charge in [-0.3, -0.25) is 4.79 Å². The van der Waals surface area contributed by atoms with E-state index < -0.39 is 0 Å². The Hall–Kier alpha value is -3.20. The predicted molar refractivity (Wildman–Crippen MR) is 121 cm³/mol. The van der Waals surface area contributed by atoms with E-state index >= 15 is 0 Å². The Morgan fingerprint density at radius 2 is 1.81 bits per heavy atom. The summed E-state index contributed by atoms with van der Waals surface area (Å²) in [6, 6.07) is 13.4. The quantitative estimate of drug-likeness (QED) is 0.463. The van der Waals surface area contributed by atoms with Crippen LogP contribution in [0.4, 0.5) is 5.69 Å². The van der Waals surface area contributed by atoms with Crippen LogP contribution in [0.1, 0.15) is 26.3 Å². The van der Waals surface area contributed by atoms with Gasteiger partial charge < -0.3 is 20.6 Å². The zero-order chi connectivity index (χ0) is 22.0. The molecule has 0 bridgehead atoms. The molecular formula is C22H25N5O3S. The van der Waals surface area contributed by atoms with Crippen LogP contribution in [-0.4, -0.2) is 39.7 Å². The van der Waals surface area contributed by atoms with E-state index in [2.05, 4.69) is 48.4 Å². The molecule has 3 N–H and O–H groups in total. The summed E-state index contributed by atoms with van der Waals surface area (Å²) in [7, 11) is 0. The molecular weight excluding hydrogens is 414 g/mol. The number of ether oxygens (including phenoxy) is 2. The normalized spacial score (nSPS) is 13.1. The maximum atomic E-state index is 12.4. The van der Waals surface area contributed by atoms with Gasteiger partial charge in [0.2, 0.25) is 11.1 Å². The molecule has 0 atom stereocenters. The van der Waals surface area contributed by atoms with Crippen molar-refractivity contribution in [2.24, 2.45) is 0 Å². The lowest BCUT2D eigenvalue weighted by Crippen LogP contribution is -2.18. The monoisotopic (exact) mass is 439 g/mol. The number of amides is 1. The van der Waals surface area contributed by atoms with Crippen molar-refractivity contribution in [1.82, 2.24) is 14.9 Å². The Bertz CT molecular complexity index is 1090. The van der Waals surface area contributed by atoms with Gasteiger partial charge in [0.05, 0.1) is 5.75 Å². The van der Waals surface area contributed by atoms with E-state index in [4.69, 9.17) is 15.3 Å². The van der Waals surface area contributed by atoms with E-state index in [-0.39, 0.29) is 17.1 Å². The van der Waals surface area contributed by atoms with Crippen molar-refractivity contribution in [1.29, 1.82) is 0 Å². The predicted octanol–water partition coefficient (Wildman–Crippen LogP) is 3.46. The van der Waals surface area contributed by atoms with Crippen LogP contribution in [0, 0.1) is 0 Å². The number of nitrogens with two attached hydrogens (primary N) is 1.